The van der Waals surface area contributed by atoms with Crippen LogP contribution >= 0.6 is 11.6 Å². The lowest BCUT2D eigenvalue weighted by atomic mass is 10.0. The highest BCUT2D eigenvalue weighted by Gasteiger charge is 2.43. The van der Waals surface area contributed by atoms with Crippen molar-refractivity contribution in [3.05, 3.63) is 70.7 Å². The van der Waals surface area contributed by atoms with Gasteiger partial charge in [0.2, 0.25) is 21.8 Å². The normalized spacial score (nSPS) is 18.0. The van der Waals surface area contributed by atoms with Crippen LogP contribution in [0.4, 0.5) is 4.79 Å². The van der Waals surface area contributed by atoms with E-state index in [1.807, 2.05) is 30.3 Å². The monoisotopic (exact) mass is 752 g/mol. The number of rotatable bonds is 18. The predicted octanol–water partition coefficient (Wildman–Crippen LogP) is 3.00. The Hall–Kier alpha value is -3.76. The molecular formula is C35H49ClN4O10S. The topological polar surface area (TPSA) is 201 Å². The largest absolute Gasteiger partial charge is 0.479 e. The summed E-state index contributed by atoms with van der Waals surface area (Å²) in [5.41, 5.74) is 1.01. The van der Waals surface area contributed by atoms with E-state index in [0.29, 0.717) is 24.3 Å². The molecule has 1 aliphatic heterocycles. The van der Waals surface area contributed by atoms with Gasteiger partial charge in [0.25, 0.3) is 0 Å². The van der Waals surface area contributed by atoms with Crippen LogP contribution in [0.25, 0.3) is 0 Å². The van der Waals surface area contributed by atoms with Crippen LogP contribution in [0.1, 0.15) is 64.0 Å². The smallest absolute Gasteiger partial charge is 0.407 e. The first-order valence-corrected chi connectivity index (χ1v) is 19.0. The van der Waals surface area contributed by atoms with Gasteiger partial charge in [-0.25, -0.2) is 22.7 Å². The molecule has 1 unspecified atom stereocenters. The number of nitrogens with zero attached hydrogens (tertiary/aromatic N) is 1. The van der Waals surface area contributed by atoms with E-state index in [9.17, 15) is 37.8 Å². The first-order chi connectivity index (χ1) is 23.9. The summed E-state index contributed by atoms with van der Waals surface area (Å²) in [6, 6.07) is 12.6. The van der Waals surface area contributed by atoms with Crippen LogP contribution in [-0.2, 0) is 46.9 Å². The van der Waals surface area contributed by atoms with E-state index in [1.165, 1.54) is 4.90 Å². The van der Waals surface area contributed by atoms with Crippen LogP contribution in [0.5, 0.6) is 0 Å². The highest BCUT2D eigenvalue weighted by Crippen LogP contribution is 2.25. The minimum absolute atomic E-state index is 0.0329. The van der Waals surface area contributed by atoms with Gasteiger partial charge in [-0.05, 0) is 76.1 Å². The molecule has 1 heterocycles. The molecule has 3 amide bonds. The molecule has 0 bridgehead atoms. The summed E-state index contributed by atoms with van der Waals surface area (Å²) in [6.45, 7) is 5.51. The number of carboxylic acids is 1. The zero-order valence-corrected chi connectivity index (χ0v) is 30.9. The number of aliphatic hydroxyl groups excluding tert-OH is 1. The number of halogens is 1. The van der Waals surface area contributed by atoms with E-state index in [0.717, 1.165) is 17.4 Å². The number of carbonyl (C=O) groups is 4. The van der Waals surface area contributed by atoms with Crippen LogP contribution in [0.2, 0.25) is 5.02 Å². The van der Waals surface area contributed by atoms with E-state index in [4.69, 9.17) is 21.1 Å². The van der Waals surface area contributed by atoms with Gasteiger partial charge in [0, 0.05) is 24.5 Å². The summed E-state index contributed by atoms with van der Waals surface area (Å²) in [6.07, 6.45) is -0.973. The molecule has 0 saturated carbocycles. The molecule has 51 heavy (non-hydrogen) atoms. The zero-order chi connectivity index (χ0) is 37.8. The maximum atomic E-state index is 14.1. The van der Waals surface area contributed by atoms with E-state index in [1.54, 1.807) is 45.0 Å². The molecule has 1 saturated heterocycles. The second kappa shape index (κ2) is 19.2. The molecule has 5 N–H and O–H groups in total. The molecule has 1 fully saturated rings. The van der Waals surface area contributed by atoms with Crippen molar-refractivity contribution in [2.24, 2.45) is 0 Å². The number of nitrogens with one attached hydrogen (secondary N) is 3. The fraction of sp³-hybridized carbons (Fsp3) is 0.543. The fourth-order valence-electron chi connectivity index (χ4n) is 5.61. The van der Waals surface area contributed by atoms with Gasteiger partial charge in [-0.2, -0.15) is 0 Å². The molecule has 282 valence electrons. The Balaban J connectivity index is 1.78. The van der Waals surface area contributed by atoms with Gasteiger partial charge < -0.3 is 35.2 Å². The van der Waals surface area contributed by atoms with Crippen molar-refractivity contribution in [1.29, 1.82) is 0 Å². The van der Waals surface area contributed by atoms with Crippen molar-refractivity contribution in [3.8, 4) is 0 Å². The Bertz CT molecular complexity index is 1570. The maximum Gasteiger partial charge on any atom is 0.407 e. The van der Waals surface area contributed by atoms with Gasteiger partial charge in [-0.1, -0.05) is 54.1 Å². The van der Waals surface area contributed by atoms with Gasteiger partial charge >= 0.3 is 12.1 Å². The van der Waals surface area contributed by atoms with E-state index >= 15 is 0 Å². The third kappa shape index (κ3) is 14.8. The van der Waals surface area contributed by atoms with Gasteiger partial charge in [-0.15, -0.1) is 0 Å². The standard InChI is InChI=1S/C35H49ClN4O10S/c1-35(2,3)50-34(46)37-19-9-8-12-27(30(41)33(44)45)38-31(42)29-20-26(49-22-24-13-16-25(36)17-14-24)21-40(29)32(43)28(39-51(4,47)48)18-15-23-10-6-5-7-11-23/h5-7,10-11,13-14,16-17,26-30,39,41H,8-9,12,15,18-22H2,1-4H3,(H,37,46)(H,38,42)(H,44,45)/t26-,27+,28-,29+,30?/m1/s1. The lowest BCUT2D eigenvalue weighted by molar-refractivity contribution is -0.149. The number of likely N-dealkylation sites (tertiary alicyclic amines) is 1. The fourth-order valence-corrected chi connectivity index (χ4v) is 6.47. The van der Waals surface area contributed by atoms with Crippen molar-refractivity contribution in [3.63, 3.8) is 0 Å². The van der Waals surface area contributed by atoms with Crippen molar-refractivity contribution in [2.45, 2.75) is 102 Å². The van der Waals surface area contributed by atoms with Gasteiger partial charge in [0.05, 0.1) is 25.0 Å². The lowest BCUT2D eigenvalue weighted by Crippen LogP contribution is -2.56. The Morgan fingerprint density at radius 2 is 1.67 bits per heavy atom. The number of carboxylic acid groups (broad SMARTS) is 1. The molecule has 2 aromatic rings. The molecule has 5 atom stereocenters. The number of ether oxygens (including phenoxy) is 2. The number of amides is 3. The highest BCUT2D eigenvalue weighted by atomic mass is 35.5. The molecule has 1 aliphatic rings. The number of hydrogen-bond acceptors (Lipinski definition) is 9. The summed E-state index contributed by atoms with van der Waals surface area (Å²) >= 11 is 6.00. The number of aliphatic hydroxyl groups is 1. The number of aliphatic carboxylic acids is 1. The third-order valence-electron chi connectivity index (χ3n) is 8.04. The lowest BCUT2D eigenvalue weighted by Gasteiger charge is -2.30. The Kier molecular flexibility index (Phi) is 15.7. The quantitative estimate of drug-likeness (QED) is 0.141. The first kappa shape index (κ1) is 41.7. The predicted molar refractivity (Wildman–Crippen MR) is 190 cm³/mol. The Morgan fingerprint density at radius 3 is 2.27 bits per heavy atom. The van der Waals surface area contributed by atoms with Gasteiger partial charge in [0.1, 0.15) is 17.7 Å². The molecule has 0 radical (unpaired) electrons. The number of alkyl carbamates (subject to hydrolysis) is 1. The van der Waals surface area contributed by atoms with E-state index < -0.39 is 69.8 Å². The number of benzene rings is 2. The van der Waals surface area contributed by atoms with Gasteiger partial charge in [0.15, 0.2) is 6.10 Å². The number of hydrogen-bond donors (Lipinski definition) is 5. The third-order valence-corrected chi connectivity index (χ3v) is 9.00. The van der Waals surface area contributed by atoms with Gasteiger partial charge in [-0.3, -0.25) is 9.59 Å². The second-order valence-corrected chi connectivity index (χ2v) is 15.8. The maximum absolute atomic E-state index is 14.1. The summed E-state index contributed by atoms with van der Waals surface area (Å²) in [5.74, 6) is -2.91. The van der Waals surface area contributed by atoms with Crippen LogP contribution < -0.4 is 15.4 Å². The number of carbonyl (C=O) groups excluding carboxylic acids is 3. The van der Waals surface area contributed by atoms with Crippen molar-refractivity contribution in [2.75, 3.05) is 19.3 Å². The summed E-state index contributed by atoms with van der Waals surface area (Å²) < 4.78 is 38.4. The highest BCUT2D eigenvalue weighted by molar-refractivity contribution is 7.88. The van der Waals surface area contributed by atoms with Crippen LogP contribution in [0.3, 0.4) is 0 Å². The van der Waals surface area contributed by atoms with Crippen LogP contribution in [0, 0.1) is 0 Å². The number of sulfonamides is 1. The molecule has 0 aliphatic carbocycles. The van der Waals surface area contributed by atoms with Crippen LogP contribution in [0.15, 0.2) is 54.6 Å². The number of unbranched alkanes of at least 4 members (excludes halogenated alkanes) is 1. The molecule has 0 aromatic heterocycles. The molecule has 2 aromatic carbocycles. The van der Waals surface area contributed by atoms with Crippen molar-refractivity contribution < 1.29 is 47.3 Å². The van der Waals surface area contributed by atoms with Crippen molar-refractivity contribution in [1.82, 2.24) is 20.3 Å². The van der Waals surface area contributed by atoms with E-state index in [2.05, 4.69) is 15.4 Å². The molecular weight excluding hydrogens is 704 g/mol. The molecule has 14 nitrogen and oxygen atoms in total. The molecule has 0 spiro atoms. The minimum Gasteiger partial charge on any atom is -0.479 e. The Morgan fingerprint density at radius 1 is 1.00 bits per heavy atom. The zero-order valence-electron chi connectivity index (χ0n) is 29.3. The van der Waals surface area contributed by atoms with Crippen molar-refractivity contribution >= 4 is 45.5 Å². The first-order valence-electron chi connectivity index (χ1n) is 16.8. The average molecular weight is 753 g/mol. The molecule has 3 rings (SSSR count). The summed E-state index contributed by atoms with van der Waals surface area (Å²) in [7, 11) is -3.85. The average Bonchev–Trinajstić information content (AvgIpc) is 3.48. The SMILES string of the molecule is CC(C)(C)OC(=O)NCCCC[C@H](NC(=O)[C@@H]1C[C@@H](OCc2ccc(Cl)cc2)CN1C(=O)[C@@H](CCc1ccccc1)NS(C)(=O)=O)C(O)C(=O)O. The second-order valence-electron chi connectivity index (χ2n) is 13.6. The Labute approximate surface area is 304 Å². The molecule has 16 heteroatoms. The number of aryl methyl sites for hydroxylation is 1. The summed E-state index contributed by atoms with van der Waals surface area (Å²) in [4.78, 5) is 52.9. The summed E-state index contributed by atoms with van der Waals surface area (Å²) in [5, 5.41) is 25.9. The van der Waals surface area contributed by atoms with Crippen LogP contribution in [-0.4, -0.2) is 103 Å². The van der Waals surface area contributed by atoms with E-state index in [-0.39, 0.29) is 39.0 Å². The minimum atomic E-state index is -3.85.